The van der Waals surface area contributed by atoms with Crippen LogP contribution in [0.25, 0.3) is 0 Å². The minimum absolute atomic E-state index is 0.494. The Bertz CT molecular complexity index is 190. The van der Waals surface area contributed by atoms with Crippen LogP contribution in [-0.2, 0) is 4.79 Å². The van der Waals surface area contributed by atoms with Gasteiger partial charge in [0.25, 0.3) is 0 Å². The molecule has 2 saturated heterocycles. The molecule has 0 aromatic carbocycles. The molecule has 2 nitrogen and oxygen atoms in total. The minimum atomic E-state index is 0.494. The van der Waals surface area contributed by atoms with Crippen LogP contribution in [0.5, 0.6) is 0 Å². The van der Waals surface area contributed by atoms with Crippen molar-refractivity contribution in [2.24, 2.45) is 5.92 Å². The van der Waals surface area contributed by atoms with Gasteiger partial charge in [0.1, 0.15) is 5.78 Å². The molecule has 2 heteroatoms. The van der Waals surface area contributed by atoms with Crippen molar-refractivity contribution in [1.29, 1.82) is 0 Å². The Morgan fingerprint density at radius 1 is 1.33 bits per heavy atom. The van der Waals surface area contributed by atoms with E-state index in [0.29, 0.717) is 17.7 Å². The first-order valence-corrected chi connectivity index (χ1v) is 4.97. The van der Waals surface area contributed by atoms with Crippen LogP contribution in [0.4, 0.5) is 0 Å². The fraction of sp³-hybridized carbons (Fsp3) is 0.900. The molecule has 2 rings (SSSR count). The van der Waals surface area contributed by atoms with Crippen molar-refractivity contribution in [1.82, 2.24) is 4.90 Å². The molecular formula is C10H17NO. The Kier molecular flexibility index (Phi) is 2.18. The van der Waals surface area contributed by atoms with Crippen LogP contribution in [0.15, 0.2) is 0 Å². The van der Waals surface area contributed by atoms with Crippen LogP contribution in [0.3, 0.4) is 0 Å². The summed E-state index contributed by atoms with van der Waals surface area (Å²) in [5.41, 5.74) is 0. The number of hydrogen-bond donors (Lipinski definition) is 0. The lowest BCUT2D eigenvalue weighted by Gasteiger charge is -2.23. The zero-order valence-electron chi connectivity index (χ0n) is 7.75. The smallest absolute Gasteiger partial charge is 0.134 e. The quantitative estimate of drug-likeness (QED) is 0.544. The van der Waals surface area contributed by atoms with E-state index in [-0.39, 0.29) is 0 Å². The van der Waals surface area contributed by atoms with E-state index < -0.39 is 0 Å². The fourth-order valence-electron chi connectivity index (χ4n) is 2.60. The highest BCUT2D eigenvalue weighted by Gasteiger charge is 2.30. The van der Waals surface area contributed by atoms with Crippen LogP contribution < -0.4 is 0 Å². The van der Waals surface area contributed by atoms with Gasteiger partial charge in [-0.2, -0.15) is 0 Å². The van der Waals surface area contributed by atoms with Crippen LogP contribution in [0, 0.1) is 5.92 Å². The van der Waals surface area contributed by atoms with E-state index in [1.807, 2.05) is 0 Å². The zero-order valence-corrected chi connectivity index (χ0v) is 7.75. The Labute approximate surface area is 73.9 Å². The van der Waals surface area contributed by atoms with Gasteiger partial charge in [-0.3, -0.25) is 4.79 Å². The van der Waals surface area contributed by atoms with Gasteiger partial charge < -0.3 is 4.90 Å². The second-order valence-corrected chi connectivity index (χ2v) is 4.34. The van der Waals surface area contributed by atoms with Crippen molar-refractivity contribution >= 4 is 5.78 Å². The van der Waals surface area contributed by atoms with Crippen molar-refractivity contribution in [3.05, 3.63) is 0 Å². The van der Waals surface area contributed by atoms with Gasteiger partial charge in [-0.15, -0.1) is 0 Å². The third-order valence-electron chi connectivity index (χ3n) is 3.30. The van der Waals surface area contributed by atoms with Gasteiger partial charge in [-0.25, -0.2) is 0 Å². The highest BCUT2D eigenvalue weighted by Crippen LogP contribution is 2.28. The Morgan fingerprint density at radius 3 is 3.00 bits per heavy atom. The summed E-state index contributed by atoms with van der Waals surface area (Å²) < 4.78 is 0. The highest BCUT2D eigenvalue weighted by molar-refractivity contribution is 5.79. The van der Waals surface area contributed by atoms with Gasteiger partial charge in [-0.1, -0.05) is 6.42 Å². The van der Waals surface area contributed by atoms with Crippen molar-refractivity contribution in [2.45, 2.75) is 38.1 Å². The molecule has 0 aromatic rings. The lowest BCUT2D eigenvalue weighted by atomic mass is 9.92. The number of fused-ring (bicyclic) bond motifs is 3. The van der Waals surface area contributed by atoms with E-state index in [4.69, 9.17) is 0 Å². The second kappa shape index (κ2) is 3.17. The highest BCUT2D eigenvalue weighted by atomic mass is 16.1. The first kappa shape index (κ1) is 8.24. The number of carbonyl (C=O) groups is 1. The molecule has 2 unspecified atom stereocenters. The summed E-state index contributed by atoms with van der Waals surface area (Å²) in [5, 5.41) is 0. The van der Waals surface area contributed by atoms with Gasteiger partial charge in [0.05, 0.1) is 0 Å². The number of Topliss-reactive ketones (excluding diaryl/α,β-unsaturated/α-hetero) is 1. The molecule has 2 fully saturated rings. The normalized spacial score (nSPS) is 37.9. The molecule has 0 aromatic heterocycles. The lowest BCUT2D eigenvalue weighted by molar-refractivity contribution is -0.120. The maximum Gasteiger partial charge on any atom is 0.134 e. The molecule has 2 heterocycles. The van der Waals surface area contributed by atoms with E-state index in [2.05, 4.69) is 11.9 Å². The maximum atomic E-state index is 11.4. The standard InChI is InChI=1S/C10H17NO/c1-11-7-8-3-2-4-9(11)6-10(12)5-8/h8-9H,2-7H2,1H3. The third-order valence-corrected chi connectivity index (χ3v) is 3.30. The summed E-state index contributed by atoms with van der Waals surface area (Å²) >= 11 is 0. The molecule has 12 heavy (non-hydrogen) atoms. The molecule has 68 valence electrons. The topological polar surface area (TPSA) is 20.3 Å². The van der Waals surface area contributed by atoms with Crippen LogP contribution >= 0.6 is 0 Å². The van der Waals surface area contributed by atoms with Crippen molar-refractivity contribution in [2.75, 3.05) is 13.6 Å². The van der Waals surface area contributed by atoms with Gasteiger partial charge in [0.2, 0.25) is 0 Å². The molecule has 0 N–H and O–H groups in total. The Balaban J connectivity index is 2.16. The minimum Gasteiger partial charge on any atom is -0.303 e. The van der Waals surface area contributed by atoms with E-state index in [1.54, 1.807) is 0 Å². The Hall–Kier alpha value is -0.370. The summed E-state index contributed by atoms with van der Waals surface area (Å²) in [5.74, 6) is 1.16. The SMILES string of the molecule is CN1CC2CCCC1CC(=O)C2. The second-order valence-electron chi connectivity index (χ2n) is 4.34. The van der Waals surface area contributed by atoms with Crippen LogP contribution in [-0.4, -0.2) is 30.3 Å². The first-order chi connectivity index (χ1) is 5.75. The van der Waals surface area contributed by atoms with E-state index >= 15 is 0 Å². The van der Waals surface area contributed by atoms with E-state index in [1.165, 1.54) is 19.3 Å². The number of carbonyl (C=O) groups excluding carboxylic acids is 1. The molecular weight excluding hydrogens is 150 g/mol. The van der Waals surface area contributed by atoms with Gasteiger partial charge >= 0.3 is 0 Å². The first-order valence-electron chi connectivity index (χ1n) is 4.97. The molecule has 0 aliphatic carbocycles. The molecule has 0 saturated carbocycles. The maximum absolute atomic E-state index is 11.4. The summed E-state index contributed by atoms with van der Waals surface area (Å²) in [6.45, 7) is 1.15. The van der Waals surface area contributed by atoms with Crippen LogP contribution in [0.1, 0.15) is 32.1 Å². The Morgan fingerprint density at radius 2 is 2.17 bits per heavy atom. The summed E-state index contributed by atoms with van der Waals surface area (Å²) in [6, 6.07) is 0.560. The predicted molar refractivity (Wildman–Crippen MR) is 48.0 cm³/mol. The molecule has 2 aliphatic heterocycles. The number of ketones is 1. The largest absolute Gasteiger partial charge is 0.303 e. The summed E-state index contributed by atoms with van der Waals surface area (Å²) in [4.78, 5) is 13.8. The van der Waals surface area contributed by atoms with Gasteiger partial charge in [0.15, 0.2) is 0 Å². The lowest BCUT2D eigenvalue weighted by Crippen LogP contribution is -2.31. The van der Waals surface area contributed by atoms with Crippen molar-refractivity contribution in [3.8, 4) is 0 Å². The van der Waals surface area contributed by atoms with Crippen molar-refractivity contribution in [3.63, 3.8) is 0 Å². The van der Waals surface area contributed by atoms with Crippen molar-refractivity contribution < 1.29 is 4.79 Å². The molecule has 2 bridgehead atoms. The van der Waals surface area contributed by atoms with E-state index in [0.717, 1.165) is 19.4 Å². The molecule has 2 aliphatic rings. The van der Waals surface area contributed by atoms with Crippen LogP contribution in [0.2, 0.25) is 0 Å². The monoisotopic (exact) mass is 167 g/mol. The predicted octanol–water partition coefficient (Wildman–Crippen LogP) is 1.45. The summed E-state index contributed by atoms with van der Waals surface area (Å²) in [7, 11) is 2.17. The molecule has 0 radical (unpaired) electrons. The fourth-order valence-corrected chi connectivity index (χ4v) is 2.60. The zero-order chi connectivity index (χ0) is 8.55. The average molecular weight is 167 g/mol. The molecule has 2 atom stereocenters. The number of rotatable bonds is 0. The number of nitrogens with zero attached hydrogens (tertiary/aromatic N) is 1. The molecule has 0 amide bonds. The molecule has 0 spiro atoms. The van der Waals surface area contributed by atoms with Gasteiger partial charge in [-0.05, 0) is 25.8 Å². The van der Waals surface area contributed by atoms with E-state index in [9.17, 15) is 4.79 Å². The summed E-state index contributed by atoms with van der Waals surface area (Å²) in [6.07, 6.45) is 5.49. The number of hydrogen-bond acceptors (Lipinski definition) is 2. The average Bonchev–Trinajstić information content (AvgIpc) is 2.18. The van der Waals surface area contributed by atoms with Gasteiger partial charge in [0, 0.05) is 25.4 Å². The third kappa shape index (κ3) is 1.53.